The highest BCUT2D eigenvalue weighted by Crippen LogP contribution is 2.20. The Balaban J connectivity index is 2.15. The van der Waals surface area contributed by atoms with Crippen LogP contribution < -0.4 is 10.0 Å². The lowest BCUT2D eigenvalue weighted by Gasteiger charge is -2.10. The molecule has 2 N–H and O–H groups in total. The summed E-state index contributed by atoms with van der Waals surface area (Å²) >= 11 is 0. The molecule has 106 valence electrons. The molecule has 0 aliphatic carbocycles. The number of sulfonamides is 1. The molecular formula is C13H16N4O2S. The third-order valence-corrected chi connectivity index (χ3v) is 3.20. The standard InChI is InChI=1S/C13H16N4O2S/c1-3-10-6-4-5-7-11(10)14-12-8-9-13(16-15-12)17-20(2,18)19/h4-9H,3H2,1-2H3,(H,14,15)(H,16,17). The Morgan fingerprint density at radius 2 is 1.70 bits per heavy atom. The van der Waals surface area contributed by atoms with Crippen LogP contribution in [0, 0.1) is 0 Å². The molecule has 0 bridgehead atoms. The maximum absolute atomic E-state index is 11.1. The first kappa shape index (κ1) is 14.3. The third kappa shape index (κ3) is 3.92. The highest BCUT2D eigenvalue weighted by molar-refractivity contribution is 7.92. The number of hydrogen-bond acceptors (Lipinski definition) is 5. The number of anilines is 3. The molecular weight excluding hydrogens is 276 g/mol. The van der Waals surface area contributed by atoms with Crippen molar-refractivity contribution in [2.24, 2.45) is 0 Å². The summed E-state index contributed by atoms with van der Waals surface area (Å²) in [5, 5.41) is 10.9. The average molecular weight is 292 g/mol. The van der Waals surface area contributed by atoms with Crippen molar-refractivity contribution in [1.29, 1.82) is 0 Å². The Kier molecular flexibility index (Phi) is 4.19. The van der Waals surface area contributed by atoms with Crippen LogP contribution >= 0.6 is 0 Å². The molecule has 0 saturated carbocycles. The van der Waals surface area contributed by atoms with Crippen molar-refractivity contribution in [2.75, 3.05) is 16.3 Å². The zero-order chi connectivity index (χ0) is 14.6. The molecule has 7 heteroatoms. The van der Waals surface area contributed by atoms with E-state index in [0.29, 0.717) is 5.82 Å². The van der Waals surface area contributed by atoms with Gasteiger partial charge < -0.3 is 5.32 Å². The molecule has 2 rings (SSSR count). The summed E-state index contributed by atoms with van der Waals surface area (Å²) in [4.78, 5) is 0. The number of nitrogens with one attached hydrogen (secondary N) is 2. The van der Waals surface area contributed by atoms with Crippen LogP contribution in [0.5, 0.6) is 0 Å². The molecule has 6 nitrogen and oxygen atoms in total. The molecule has 0 aliphatic heterocycles. The minimum absolute atomic E-state index is 0.196. The van der Waals surface area contributed by atoms with Crippen LogP contribution in [-0.2, 0) is 16.4 Å². The molecule has 0 spiro atoms. The number of hydrogen-bond donors (Lipinski definition) is 2. The lowest BCUT2D eigenvalue weighted by molar-refractivity contribution is 0.606. The first-order valence-electron chi connectivity index (χ1n) is 6.14. The Morgan fingerprint density at radius 3 is 2.30 bits per heavy atom. The van der Waals surface area contributed by atoms with Gasteiger partial charge in [0.2, 0.25) is 10.0 Å². The van der Waals surface area contributed by atoms with Gasteiger partial charge in [-0.3, -0.25) is 4.72 Å². The number of para-hydroxylation sites is 1. The molecule has 0 aliphatic rings. The van der Waals surface area contributed by atoms with Crippen molar-refractivity contribution < 1.29 is 8.42 Å². The highest BCUT2D eigenvalue weighted by Gasteiger charge is 2.05. The van der Waals surface area contributed by atoms with E-state index in [1.807, 2.05) is 24.3 Å². The van der Waals surface area contributed by atoms with Gasteiger partial charge in [-0.2, -0.15) is 0 Å². The second kappa shape index (κ2) is 5.87. The zero-order valence-corrected chi connectivity index (χ0v) is 12.1. The molecule has 0 saturated heterocycles. The van der Waals surface area contributed by atoms with Gasteiger partial charge in [0.15, 0.2) is 11.6 Å². The number of rotatable bonds is 5. The summed E-state index contributed by atoms with van der Waals surface area (Å²) in [7, 11) is -3.33. The second-order valence-electron chi connectivity index (χ2n) is 4.31. The maximum Gasteiger partial charge on any atom is 0.231 e. The molecule has 1 aromatic heterocycles. The van der Waals surface area contributed by atoms with Gasteiger partial charge in [0, 0.05) is 5.69 Å². The second-order valence-corrected chi connectivity index (χ2v) is 6.06. The van der Waals surface area contributed by atoms with E-state index in [0.717, 1.165) is 18.4 Å². The van der Waals surface area contributed by atoms with Crippen LogP contribution in [0.4, 0.5) is 17.3 Å². The van der Waals surface area contributed by atoms with Crippen molar-refractivity contribution in [3.8, 4) is 0 Å². The third-order valence-electron chi connectivity index (χ3n) is 2.62. The lowest BCUT2D eigenvalue weighted by Crippen LogP contribution is -2.11. The van der Waals surface area contributed by atoms with E-state index >= 15 is 0 Å². The zero-order valence-electron chi connectivity index (χ0n) is 11.3. The van der Waals surface area contributed by atoms with Crippen LogP contribution in [0.3, 0.4) is 0 Å². The van der Waals surface area contributed by atoms with Crippen molar-refractivity contribution in [2.45, 2.75) is 13.3 Å². The Labute approximate surface area is 118 Å². The Morgan fingerprint density at radius 1 is 1.05 bits per heavy atom. The molecule has 0 amide bonds. The first-order chi connectivity index (χ1) is 9.48. The van der Waals surface area contributed by atoms with E-state index in [1.165, 1.54) is 5.56 Å². The van der Waals surface area contributed by atoms with Crippen LogP contribution in [0.25, 0.3) is 0 Å². The van der Waals surface area contributed by atoms with Gasteiger partial charge in [-0.05, 0) is 30.2 Å². The number of aromatic nitrogens is 2. The fourth-order valence-electron chi connectivity index (χ4n) is 1.73. The molecule has 1 aromatic carbocycles. The Hall–Kier alpha value is -2.15. The van der Waals surface area contributed by atoms with Crippen LogP contribution in [0.2, 0.25) is 0 Å². The van der Waals surface area contributed by atoms with E-state index < -0.39 is 10.0 Å². The number of benzene rings is 1. The average Bonchev–Trinajstić information content (AvgIpc) is 2.40. The van der Waals surface area contributed by atoms with Gasteiger partial charge in [-0.15, -0.1) is 10.2 Å². The molecule has 1 heterocycles. The predicted octanol–water partition coefficient (Wildman–Crippen LogP) is 2.15. The highest BCUT2D eigenvalue weighted by atomic mass is 32.2. The molecule has 2 aromatic rings. The topological polar surface area (TPSA) is 84.0 Å². The van der Waals surface area contributed by atoms with Gasteiger partial charge in [-0.1, -0.05) is 25.1 Å². The maximum atomic E-state index is 11.1. The molecule has 0 atom stereocenters. The van der Waals surface area contributed by atoms with E-state index in [2.05, 4.69) is 27.2 Å². The predicted molar refractivity (Wildman–Crippen MR) is 79.6 cm³/mol. The molecule has 0 unspecified atom stereocenters. The quantitative estimate of drug-likeness (QED) is 0.882. The first-order valence-corrected chi connectivity index (χ1v) is 8.03. The van der Waals surface area contributed by atoms with E-state index in [-0.39, 0.29) is 5.82 Å². The van der Waals surface area contributed by atoms with Crippen molar-refractivity contribution in [1.82, 2.24) is 10.2 Å². The summed E-state index contributed by atoms with van der Waals surface area (Å²) in [6.45, 7) is 2.07. The summed E-state index contributed by atoms with van der Waals surface area (Å²) < 4.78 is 24.4. The summed E-state index contributed by atoms with van der Waals surface area (Å²) in [6.07, 6.45) is 1.97. The van der Waals surface area contributed by atoms with Crippen molar-refractivity contribution in [3.63, 3.8) is 0 Å². The van der Waals surface area contributed by atoms with E-state index in [1.54, 1.807) is 12.1 Å². The monoisotopic (exact) mass is 292 g/mol. The molecule has 20 heavy (non-hydrogen) atoms. The van der Waals surface area contributed by atoms with Crippen molar-refractivity contribution >= 4 is 27.3 Å². The number of aryl methyl sites for hydroxylation is 1. The summed E-state index contributed by atoms with van der Waals surface area (Å²) in [6, 6.07) is 11.2. The fraction of sp³-hybridized carbons (Fsp3) is 0.231. The van der Waals surface area contributed by atoms with Gasteiger partial charge >= 0.3 is 0 Å². The summed E-state index contributed by atoms with van der Waals surface area (Å²) in [5.74, 6) is 0.756. The van der Waals surface area contributed by atoms with Gasteiger partial charge in [0.25, 0.3) is 0 Å². The van der Waals surface area contributed by atoms with E-state index in [9.17, 15) is 8.42 Å². The van der Waals surface area contributed by atoms with Crippen LogP contribution in [0.1, 0.15) is 12.5 Å². The van der Waals surface area contributed by atoms with Gasteiger partial charge in [-0.25, -0.2) is 8.42 Å². The van der Waals surface area contributed by atoms with Gasteiger partial charge in [0.1, 0.15) is 0 Å². The van der Waals surface area contributed by atoms with E-state index in [4.69, 9.17) is 0 Å². The SMILES string of the molecule is CCc1ccccc1Nc1ccc(NS(C)(=O)=O)nn1. The minimum Gasteiger partial charge on any atom is -0.339 e. The molecule has 0 radical (unpaired) electrons. The largest absolute Gasteiger partial charge is 0.339 e. The normalized spacial score (nSPS) is 11.1. The minimum atomic E-state index is -3.33. The number of nitrogens with zero attached hydrogens (tertiary/aromatic N) is 2. The molecule has 0 fully saturated rings. The van der Waals surface area contributed by atoms with Crippen LogP contribution in [0.15, 0.2) is 36.4 Å². The smallest absolute Gasteiger partial charge is 0.231 e. The fourth-order valence-corrected chi connectivity index (χ4v) is 2.22. The summed E-state index contributed by atoms with van der Waals surface area (Å²) in [5.41, 5.74) is 2.14. The van der Waals surface area contributed by atoms with Crippen LogP contribution in [-0.4, -0.2) is 24.9 Å². The van der Waals surface area contributed by atoms with Crippen molar-refractivity contribution in [3.05, 3.63) is 42.0 Å². The van der Waals surface area contributed by atoms with Gasteiger partial charge in [0.05, 0.1) is 6.26 Å². The lowest BCUT2D eigenvalue weighted by atomic mass is 10.1. The Bertz CT molecular complexity index is 684.